The van der Waals surface area contributed by atoms with Crippen molar-refractivity contribution in [2.75, 3.05) is 33.3 Å². The van der Waals surface area contributed by atoms with Crippen molar-refractivity contribution >= 4 is 0 Å². The highest BCUT2D eigenvalue weighted by Crippen LogP contribution is 2.14. The fourth-order valence-electron chi connectivity index (χ4n) is 1.70. The Kier molecular flexibility index (Phi) is 4.70. The molecule has 0 spiro atoms. The van der Waals surface area contributed by atoms with Gasteiger partial charge in [0.2, 0.25) is 0 Å². The number of nitrogens with one attached hydrogen (secondary N) is 1. The van der Waals surface area contributed by atoms with Crippen molar-refractivity contribution in [3.63, 3.8) is 0 Å². The summed E-state index contributed by atoms with van der Waals surface area (Å²) in [4.78, 5) is 2.38. The molecule has 78 valence electrons. The van der Waals surface area contributed by atoms with Gasteiger partial charge in [0.25, 0.3) is 0 Å². The van der Waals surface area contributed by atoms with Crippen LogP contribution in [0.3, 0.4) is 0 Å². The van der Waals surface area contributed by atoms with E-state index in [1.54, 1.807) is 0 Å². The van der Waals surface area contributed by atoms with Gasteiger partial charge >= 0.3 is 0 Å². The first kappa shape index (κ1) is 11.0. The summed E-state index contributed by atoms with van der Waals surface area (Å²) in [6.07, 6.45) is 2.59. The van der Waals surface area contributed by atoms with Crippen LogP contribution < -0.4 is 5.32 Å². The molecule has 1 atom stereocenters. The van der Waals surface area contributed by atoms with Crippen LogP contribution in [0.1, 0.15) is 19.8 Å². The monoisotopic (exact) mass is 186 g/mol. The lowest BCUT2D eigenvalue weighted by molar-refractivity contribution is 0.200. The molecule has 3 heteroatoms. The Morgan fingerprint density at radius 2 is 2.08 bits per heavy atom. The molecular weight excluding hydrogens is 164 g/mol. The second-order valence-corrected chi connectivity index (χ2v) is 4.24. The standard InChI is InChI=1S/C10H22N2O/c1-9(8-13)11-7-10-3-5-12(2)6-4-10/h9-11,13H,3-8H2,1-2H3/t9-/m1/s1. The van der Waals surface area contributed by atoms with Gasteiger partial charge in [0.1, 0.15) is 0 Å². The number of likely N-dealkylation sites (tertiary alicyclic amines) is 1. The van der Waals surface area contributed by atoms with Crippen LogP contribution in [0.4, 0.5) is 0 Å². The highest BCUT2D eigenvalue weighted by atomic mass is 16.3. The third-order valence-electron chi connectivity index (χ3n) is 2.87. The molecule has 0 unspecified atom stereocenters. The molecule has 1 heterocycles. The number of rotatable bonds is 4. The highest BCUT2D eigenvalue weighted by molar-refractivity contribution is 4.73. The zero-order valence-corrected chi connectivity index (χ0v) is 8.79. The minimum Gasteiger partial charge on any atom is -0.395 e. The predicted octanol–water partition coefficient (Wildman–Crippen LogP) is 0.299. The molecule has 0 radical (unpaired) electrons. The van der Waals surface area contributed by atoms with E-state index < -0.39 is 0 Å². The fourth-order valence-corrected chi connectivity index (χ4v) is 1.70. The molecule has 0 bridgehead atoms. The Hall–Kier alpha value is -0.120. The smallest absolute Gasteiger partial charge is 0.0581 e. The van der Waals surface area contributed by atoms with E-state index >= 15 is 0 Å². The number of hydrogen-bond donors (Lipinski definition) is 2. The largest absolute Gasteiger partial charge is 0.395 e. The van der Waals surface area contributed by atoms with Crippen molar-refractivity contribution < 1.29 is 5.11 Å². The summed E-state index contributed by atoms with van der Waals surface area (Å²) < 4.78 is 0. The Balaban J connectivity index is 2.08. The normalized spacial score (nSPS) is 23.3. The summed E-state index contributed by atoms with van der Waals surface area (Å²) in [6, 6.07) is 0.250. The van der Waals surface area contributed by atoms with Gasteiger partial charge < -0.3 is 15.3 Å². The van der Waals surface area contributed by atoms with Crippen LogP contribution in [-0.2, 0) is 0 Å². The molecule has 0 saturated carbocycles. The minimum absolute atomic E-state index is 0.243. The predicted molar refractivity (Wildman–Crippen MR) is 54.8 cm³/mol. The molecular formula is C10H22N2O. The van der Waals surface area contributed by atoms with Gasteiger partial charge in [0.05, 0.1) is 6.61 Å². The molecule has 1 saturated heterocycles. The Morgan fingerprint density at radius 3 is 2.62 bits per heavy atom. The lowest BCUT2D eigenvalue weighted by Gasteiger charge is -2.29. The summed E-state index contributed by atoms with van der Waals surface area (Å²) in [5.74, 6) is 0.810. The van der Waals surface area contributed by atoms with E-state index in [2.05, 4.69) is 17.3 Å². The van der Waals surface area contributed by atoms with E-state index in [4.69, 9.17) is 5.11 Å². The third kappa shape index (κ3) is 4.07. The molecule has 3 nitrogen and oxygen atoms in total. The molecule has 0 aromatic carbocycles. The summed E-state index contributed by atoms with van der Waals surface area (Å²) >= 11 is 0. The molecule has 0 amide bonds. The molecule has 1 aliphatic rings. The number of piperidine rings is 1. The van der Waals surface area contributed by atoms with Gasteiger partial charge in [-0.15, -0.1) is 0 Å². The molecule has 0 aliphatic carbocycles. The SMILES string of the molecule is C[C@H](CO)NCC1CCN(C)CC1. The van der Waals surface area contributed by atoms with E-state index in [0.717, 1.165) is 12.5 Å². The lowest BCUT2D eigenvalue weighted by atomic mass is 9.97. The summed E-state index contributed by atoms with van der Waals surface area (Å²) in [5.41, 5.74) is 0. The lowest BCUT2D eigenvalue weighted by Crippen LogP contribution is -2.38. The maximum Gasteiger partial charge on any atom is 0.0581 e. The number of aliphatic hydroxyl groups is 1. The Bertz CT molecular complexity index is 133. The number of hydrogen-bond acceptors (Lipinski definition) is 3. The van der Waals surface area contributed by atoms with Gasteiger partial charge in [-0.3, -0.25) is 0 Å². The van der Waals surface area contributed by atoms with E-state index in [0.29, 0.717) is 0 Å². The molecule has 13 heavy (non-hydrogen) atoms. The van der Waals surface area contributed by atoms with Crippen molar-refractivity contribution in [1.29, 1.82) is 0 Å². The van der Waals surface area contributed by atoms with E-state index in [1.807, 2.05) is 6.92 Å². The number of nitrogens with zero attached hydrogens (tertiary/aromatic N) is 1. The van der Waals surface area contributed by atoms with E-state index in [-0.39, 0.29) is 12.6 Å². The maximum absolute atomic E-state index is 8.84. The first-order valence-corrected chi connectivity index (χ1v) is 5.25. The van der Waals surface area contributed by atoms with Gasteiger partial charge in [0, 0.05) is 6.04 Å². The van der Waals surface area contributed by atoms with Gasteiger partial charge in [-0.1, -0.05) is 0 Å². The second-order valence-electron chi connectivity index (χ2n) is 4.24. The Labute approximate surface area is 81.1 Å². The van der Waals surface area contributed by atoms with Gasteiger partial charge in [-0.05, 0) is 52.4 Å². The maximum atomic E-state index is 8.84. The quantitative estimate of drug-likeness (QED) is 0.663. The second kappa shape index (κ2) is 5.58. The van der Waals surface area contributed by atoms with Crippen LogP contribution in [0.2, 0.25) is 0 Å². The van der Waals surface area contributed by atoms with E-state index in [1.165, 1.54) is 25.9 Å². The van der Waals surface area contributed by atoms with E-state index in [9.17, 15) is 0 Å². The molecule has 1 rings (SSSR count). The first-order chi connectivity index (χ1) is 6.22. The van der Waals surface area contributed by atoms with Crippen LogP contribution in [0.5, 0.6) is 0 Å². The van der Waals surface area contributed by atoms with Crippen LogP contribution in [0, 0.1) is 5.92 Å². The highest BCUT2D eigenvalue weighted by Gasteiger charge is 2.16. The van der Waals surface area contributed by atoms with Crippen LogP contribution >= 0.6 is 0 Å². The molecule has 1 fully saturated rings. The van der Waals surface area contributed by atoms with Crippen LogP contribution in [0.25, 0.3) is 0 Å². The van der Waals surface area contributed by atoms with Crippen molar-refractivity contribution in [1.82, 2.24) is 10.2 Å². The van der Waals surface area contributed by atoms with Crippen molar-refractivity contribution in [3.05, 3.63) is 0 Å². The molecule has 0 aromatic rings. The van der Waals surface area contributed by atoms with Crippen molar-refractivity contribution in [2.24, 2.45) is 5.92 Å². The summed E-state index contributed by atoms with van der Waals surface area (Å²) in [7, 11) is 2.18. The van der Waals surface area contributed by atoms with Crippen LogP contribution in [0.15, 0.2) is 0 Å². The molecule has 2 N–H and O–H groups in total. The van der Waals surface area contributed by atoms with Crippen molar-refractivity contribution in [3.8, 4) is 0 Å². The molecule has 1 aliphatic heterocycles. The minimum atomic E-state index is 0.243. The average molecular weight is 186 g/mol. The first-order valence-electron chi connectivity index (χ1n) is 5.25. The average Bonchev–Trinajstić information content (AvgIpc) is 2.16. The summed E-state index contributed by atoms with van der Waals surface area (Å²) in [6.45, 7) is 5.77. The summed E-state index contributed by atoms with van der Waals surface area (Å²) in [5, 5.41) is 12.2. The fraction of sp³-hybridized carbons (Fsp3) is 1.00. The van der Waals surface area contributed by atoms with Gasteiger partial charge in [-0.25, -0.2) is 0 Å². The van der Waals surface area contributed by atoms with Gasteiger partial charge in [-0.2, -0.15) is 0 Å². The van der Waals surface area contributed by atoms with Gasteiger partial charge in [0.15, 0.2) is 0 Å². The van der Waals surface area contributed by atoms with Crippen molar-refractivity contribution in [2.45, 2.75) is 25.8 Å². The zero-order chi connectivity index (χ0) is 9.68. The van der Waals surface area contributed by atoms with Crippen LogP contribution in [-0.4, -0.2) is 49.3 Å². The third-order valence-corrected chi connectivity index (χ3v) is 2.87. The Morgan fingerprint density at radius 1 is 1.46 bits per heavy atom. The topological polar surface area (TPSA) is 35.5 Å². The zero-order valence-electron chi connectivity index (χ0n) is 8.79. The molecule has 0 aromatic heterocycles. The number of aliphatic hydroxyl groups excluding tert-OH is 1.